The quantitative estimate of drug-likeness (QED) is 0.785. The van der Waals surface area contributed by atoms with Gasteiger partial charge in [-0.2, -0.15) is 0 Å². The molecular weight excluding hydrogens is 197 g/mol. The Hall–Kier alpha value is -1.49. The highest BCUT2D eigenvalue weighted by Crippen LogP contribution is 2.02. The van der Waals surface area contributed by atoms with E-state index in [1.165, 1.54) is 12.1 Å². The molecule has 0 aromatic carbocycles. The Kier molecular flexibility index (Phi) is 4.17. The fraction of sp³-hybridized carbons (Fsp3) is 0.400. The zero-order valence-electron chi connectivity index (χ0n) is 8.75. The van der Waals surface area contributed by atoms with Gasteiger partial charge in [0.15, 0.2) is 0 Å². The van der Waals surface area contributed by atoms with E-state index in [1.54, 1.807) is 0 Å². The number of nitrogens with one attached hydrogen (secondary N) is 2. The third kappa shape index (κ3) is 4.51. The second-order valence-corrected chi connectivity index (χ2v) is 3.45. The van der Waals surface area contributed by atoms with Gasteiger partial charge in [0.05, 0.1) is 12.7 Å². The number of hydrogen-bond donors (Lipinski definition) is 2. The van der Waals surface area contributed by atoms with Gasteiger partial charge in [-0.3, -0.25) is 4.79 Å². The first-order valence-electron chi connectivity index (χ1n) is 4.72. The molecule has 15 heavy (non-hydrogen) atoms. The summed E-state index contributed by atoms with van der Waals surface area (Å²) in [6.07, 6.45) is 1.06. The molecule has 0 spiro atoms. The van der Waals surface area contributed by atoms with Crippen LogP contribution in [0.15, 0.2) is 18.3 Å². The number of amides is 1. The number of carbonyl (C=O) groups excluding carboxylic acids is 1. The first kappa shape index (κ1) is 11.6. The zero-order valence-corrected chi connectivity index (χ0v) is 8.75. The number of halogens is 1. The van der Waals surface area contributed by atoms with E-state index >= 15 is 0 Å². The number of hydrogen-bond acceptors (Lipinski definition) is 3. The van der Waals surface area contributed by atoms with E-state index in [0.29, 0.717) is 5.82 Å². The molecule has 0 fully saturated rings. The summed E-state index contributed by atoms with van der Waals surface area (Å²) in [4.78, 5) is 15.0. The maximum atomic E-state index is 12.5. The van der Waals surface area contributed by atoms with Gasteiger partial charge >= 0.3 is 0 Å². The molecule has 0 saturated carbocycles. The van der Waals surface area contributed by atoms with Crippen molar-refractivity contribution in [3.8, 4) is 0 Å². The molecule has 0 unspecified atom stereocenters. The average Bonchev–Trinajstić information content (AvgIpc) is 2.19. The Bertz CT molecular complexity index is 324. The van der Waals surface area contributed by atoms with Gasteiger partial charge in [0.25, 0.3) is 0 Å². The first-order chi connectivity index (χ1) is 7.08. The van der Waals surface area contributed by atoms with Crippen molar-refractivity contribution in [2.24, 2.45) is 0 Å². The van der Waals surface area contributed by atoms with Gasteiger partial charge in [0.1, 0.15) is 11.6 Å². The molecule has 1 heterocycles. The minimum Gasteiger partial charge on any atom is -0.310 e. The van der Waals surface area contributed by atoms with Crippen LogP contribution in [-0.4, -0.2) is 23.5 Å². The van der Waals surface area contributed by atoms with Crippen molar-refractivity contribution >= 4 is 11.7 Å². The predicted molar refractivity (Wildman–Crippen MR) is 56.0 cm³/mol. The van der Waals surface area contributed by atoms with Crippen LogP contribution in [0.3, 0.4) is 0 Å². The van der Waals surface area contributed by atoms with Crippen LogP contribution in [0, 0.1) is 5.82 Å². The Morgan fingerprint density at radius 2 is 2.27 bits per heavy atom. The van der Waals surface area contributed by atoms with Crippen LogP contribution in [0.25, 0.3) is 0 Å². The molecule has 1 rings (SSSR count). The highest BCUT2D eigenvalue weighted by atomic mass is 19.1. The summed E-state index contributed by atoms with van der Waals surface area (Å²) in [7, 11) is 0. The lowest BCUT2D eigenvalue weighted by Gasteiger charge is -2.07. The number of aromatic nitrogens is 1. The molecule has 1 aromatic heterocycles. The second kappa shape index (κ2) is 5.41. The summed E-state index contributed by atoms with van der Waals surface area (Å²) in [5.74, 6) is -0.261. The number of pyridine rings is 1. The van der Waals surface area contributed by atoms with Gasteiger partial charge in [-0.25, -0.2) is 9.37 Å². The Balaban J connectivity index is 2.41. The van der Waals surface area contributed by atoms with Crippen LogP contribution >= 0.6 is 0 Å². The molecule has 0 aliphatic rings. The third-order valence-electron chi connectivity index (χ3n) is 1.67. The van der Waals surface area contributed by atoms with E-state index in [-0.39, 0.29) is 18.5 Å². The van der Waals surface area contributed by atoms with Crippen molar-refractivity contribution < 1.29 is 9.18 Å². The van der Waals surface area contributed by atoms with Crippen LogP contribution < -0.4 is 10.6 Å². The number of nitrogens with zero attached hydrogens (tertiary/aromatic N) is 1. The van der Waals surface area contributed by atoms with Crippen molar-refractivity contribution in [1.29, 1.82) is 0 Å². The molecule has 0 bridgehead atoms. The fourth-order valence-electron chi connectivity index (χ4n) is 0.934. The van der Waals surface area contributed by atoms with Crippen LogP contribution in [0.1, 0.15) is 13.8 Å². The average molecular weight is 211 g/mol. The van der Waals surface area contributed by atoms with E-state index < -0.39 is 5.82 Å². The third-order valence-corrected chi connectivity index (χ3v) is 1.67. The van der Waals surface area contributed by atoms with Crippen LogP contribution in [0.5, 0.6) is 0 Å². The zero-order chi connectivity index (χ0) is 11.3. The molecule has 1 amide bonds. The molecule has 0 aliphatic heterocycles. The monoisotopic (exact) mass is 211 g/mol. The van der Waals surface area contributed by atoms with Crippen molar-refractivity contribution in [1.82, 2.24) is 10.3 Å². The summed E-state index contributed by atoms with van der Waals surface area (Å²) in [6, 6.07) is 2.91. The Morgan fingerprint density at radius 3 is 2.80 bits per heavy atom. The fourth-order valence-corrected chi connectivity index (χ4v) is 0.934. The molecule has 1 aromatic rings. The summed E-state index contributed by atoms with van der Waals surface area (Å²) in [6.45, 7) is 4.11. The number of carbonyl (C=O) groups is 1. The number of rotatable bonds is 4. The molecule has 0 radical (unpaired) electrons. The SMILES string of the molecule is CC(C)NCC(=O)Nc1ccc(F)cn1. The van der Waals surface area contributed by atoms with Crippen molar-refractivity contribution in [3.63, 3.8) is 0 Å². The Labute approximate surface area is 87.9 Å². The van der Waals surface area contributed by atoms with Crippen molar-refractivity contribution in [2.75, 3.05) is 11.9 Å². The second-order valence-electron chi connectivity index (χ2n) is 3.45. The van der Waals surface area contributed by atoms with E-state index in [0.717, 1.165) is 6.20 Å². The molecule has 0 saturated heterocycles. The minimum absolute atomic E-state index is 0.192. The standard InChI is InChI=1S/C10H14FN3O/c1-7(2)12-6-10(15)14-9-4-3-8(11)5-13-9/h3-5,7,12H,6H2,1-2H3,(H,13,14,15). The lowest BCUT2D eigenvalue weighted by molar-refractivity contribution is -0.115. The molecule has 0 atom stereocenters. The highest BCUT2D eigenvalue weighted by molar-refractivity contribution is 5.91. The van der Waals surface area contributed by atoms with Crippen LogP contribution in [0.4, 0.5) is 10.2 Å². The first-order valence-corrected chi connectivity index (χ1v) is 4.72. The van der Waals surface area contributed by atoms with Crippen LogP contribution in [-0.2, 0) is 4.79 Å². The maximum Gasteiger partial charge on any atom is 0.239 e. The van der Waals surface area contributed by atoms with Gasteiger partial charge in [0.2, 0.25) is 5.91 Å². The maximum absolute atomic E-state index is 12.5. The summed E-state index contributed by atoms with van der Waals surface area (Å²) < 4.78 is 12.5. The smallest absolute Gasteiger partial charge is 0.239 e. The normalized spacial score (nSPS) is 10.4. The molecule has 4 nitrogen and oxygen atoms in total. The topological polar surface area (TPSA) is 54.0 Å². The molecular formula is C10H14FN3O. The molecule has 2 N–H and O–H groups in total. The summed E-state index contributed by atoms with van der Waals surface area (Å²) in [5, 5.41) is 5.51. The largest absolute Gasteiger partial charge is 0.310 e. The highest BCUT2D eigenvalue weighted by Gasteiger charge is 2.03. The molecule has 5 heteroatoms. The van der Waals surface area contributed by atoms with E-state index in [2.05, 4.69) is 15.6 Å². The number of anilines is 1. The van der Waals surface area contributed by atoms with Crippen molar-refractivity contribution in [3.05, 3.63) is 24.1 Å². The predicted octanol–water partition coefficient (Wildman–Crippen LogP) is 1.16. The van der Waals surface area contributed by atoms with Gasteiger partial charge in [-0.1, -0.05) is 13.8 Å². The lowest BCUT2D eigenvalue weighted by Crippen LogP contribution is -2.32. The van der Waals surface area contributed by atoms with Gasteiger partial charge < -0.3 is 10.6 Å². The summed E-state index contributed by atoms with van der Waals surface area (Å²) in [5.41, 5.74) is 0. The lowest BCUT2D eigenvalue weighted by atomic mass is 10.4. The van der Waals surface area contributed by atoms with Crippen molar-refractivity contribution in [2.45, 2.75) is 19.9 Å². The molecule has 82 valence electrons. The van der Waals surface area contributed by atoms with E-state index in [1.807, 2.05) is 13.8 Å². The van der Waals surface area contributed by atoms with E-state index in [4.69, 9.17) is 0 Å². The van der Waals surface area contributed by atoms with Gasteiger partial charge in [-0.15, -0.1) is 0 Å². The summed E-state index contributed by atoms with van der Waals surface area (Å²) >= 11 is 0. The van der Waals surface area contributed by atoms with Gasteiger partial charge in [-0.05, 0) is 12.1 Å². The minimum atomic E-state index is -0.423. The molecule has 0 aliphatic carbocycles. The van der Waals surface area contributed by atoms with Crippen LogP contribution in [0.2, 0.25) is 0 Å². The Morgan fingerprint density at radius 1 is 1.53 bits per heavy atom. The van der Waals surface area contributed by atoms with E-state index in [9.17, 15) is 9.18 Å². The van der Waals surface area contributed by atoms with Gasteiger partial charge in [0, 0.05) is 6.04 Å².